The van der Waals surface area contributed by atoms with Gasteiger partial charge in [0.1, 0.15) is 5.82 Å². The van der Waals surface area contributed by atoms with Gasteiger partial charge in [-0.3, -0.25) is 0 Å². The van der Waals surface area contributed by atoms with Crippen molar-refractivity contribution >= 4 is 5.82 Å². The molecule has 0 radical (unpaired) electrons. The molecule has 0 saturated carbocycles. The molecule has 8 heteroatoms. The summed E-state index contributed by atoms with van der Waals surface area (Å²) in [6, 6.07) is 4.85. The second kappa shape index (κ2) is 7.96. The molecule has 0 unspecified atom stereocenters. The van der Waals surface area contributed by atoms with Crippen LogP contribution in [0.2, 0.25) is 0 Å². The number of rotatable bonds is 8. The van der Waals surface area contributed by atoms with Gasteiger partial charge in [0.2, 0.25) is 0 Å². The molecule has 2 N–H and O–H groups in total. The molecule has 0 fully saturated rings. The fourth-order valence-electron chi connectivity index (χ4n) is 2.36. The zero-order valence-corrected chi connectivity index (χ0v) is 13.8. The van der Waals surface area contributed by atoms with E-state index in [1.165, 1.54) is 13.2 Å². The molecular formula is C16H21F2N3O3. The predicted molar refractivity (Wildman–Crippen MR) is 85.7 cm³/mol. The minimum atomic E-state index is -2.92. The number of ether oxygens (including phenoxy) is 2. The van der Waals surface area contributed by atoms with E-state index in [0.29, 0.717) is 13.1 Å². The molecule has 1 aromatic carbocycles. The minimum Gasteiger partial charge on any atom is -0.493 e. The van der Waals surface area contributed by atoms with Crippen molar-refractivity contribution in [3.63, 3.8) is 0 Å². The van der Waals surface area contributed by atoms with Crippen LogP contribution in [0.15, 0.2) is 18.2 Å². The number of nitrogens with one attached hydrogen (secondary N) is 1. The normalized spacial score (nSPS) is 11.0. The van der Waals surface area contributed by atoms with Crippen molar-refractivity contribution in [1.82, 2.24) is 9.78 Å². The van der Waals surface area contributed by atoms with Crippen LogP contribution >= 0.6 is 0 Å². The van der Waals surface area contributed by atoms with Crippen LogP contribution in [0.5, 0.6) is 11.5 Å². The summed E-state index contributed by atoms with van der Waals surface area (Å²) in [7, 11) is 1.39. The molecule has 0 bridgehead atoms. The van der Waals surface area contributed by atoms with E-state index in [-0.39, 0.29) is 18.1 Å². The van der Waals surface area contributed by atoms with Gasteiger partial charge in [-0.15, -0.1) is 0 Å². The maximum absolute atomic E-state index is 12.5. The van der Waals surface area contributed by atoms with Crippen molar-refractivity contribution in [2.24, 2.45) is 0 Å². The molecular weight excluding hydrogens is 320 g/mol. The first-order valence-electron chi connectivity index (χ1n) is 7.46. The Hall–Kier alpha value is -2.35. The topological polar surface area (TPSA) is 68.5 Å². The zero-order chi connectivity index (χ0) is 17.7. The number of benzene rings is 1. The van der Waals surface area contributed by atoms with Crippen LogP contribution in [0.3, 0.4) is 0 Å². The first-order chi connectivity index (χ1) is 11.5. The first kappa shape index (κ1) is 18.0. The number of methoxy groups -OCH3 is 1. The quantitative estimate of drug-likeness (QED) is 0.773. The lowest BCUT2D eigenvalue weighted by atomic mass is 10.2. The molecule has 0 aliphatic rings. The highest BCUT2D eigenvalue weighted by Gasteiger charge is 2.13. The van der Waals surface area contributed by atoms with Crippen LogP contribution in [0, 0.1) is 13.8 Å². The lowest BCUT2D eigenvalue weighted by molar-refractivity contribution is -0.0512. The van der Waals surface area contributed by atoms with E-state index in [0.717, 1.165) is 22.6 Å². The Labute approximate surface area is 139 Å². The van der Waals surface area contributed by atoms with Gasteiger partial charge in [-0.2, -0.15) is 13.9 Å². The Morgan fingerprint density at radius 1 is 1.29 bits per heavy atom. The van der Waals surface area contributed by atoms with Gasteiger partial charge >= 0.3 is 6.61 Å². The summed E-state index contributed by atoms with van der Waals surface area (Å²) in [6.45, 7) is 1.64. The van der Waals surface area contributed by atoms with Gasteiger partial charge in [0.05, 0.1) is 26.0 Å². The molecule has 0 spiro atoms. The number of alkyl halides is 2. The lowest BCUT2D eigenvalue weighted by Crippen LogP contribution is -2.11. The van der Waals surface area contributed by atoms with Crippen LogP contribution in [0.4, 0.5) is 14.6 Å². The fraction of sp³-hybridized carbons (Fsp3) is 0.438. The third-order valence-electron chi connectivity index (χ3n) is 3.64. The van der Waals surface area contributed by atoms with Crippen molar-refractivity contribution in [2.45, 2.75) is 33.5 Å². The third-order valence-corrected chi connectivity index (χ3v) is 3.64. The SMILES string of the molecule is COc1ccc(CNc2c(C)c(C)nn2CCO)cc1OC(F)F. The molecule has 0 amide bonds. The van der Waals surface area contributed by atoms with E-state index in [9.17, 15) is 8.78 Å². The predicted octanol–water partition coefficient (Wildman–Crippen LogP) is 2.71. The highest BCUT2D eigenvalue weighted by Crippen LogP contribution is 2.30. The number of aromatic nitrogens is 2. The summed E-state index contributed by atoms with van der Waals surface area (Å²) in [5.74, 6) is 1.02. The molecule has 1 aromatic heterocycles. The Balaban J connectivity index is 2.17. The average Bonchev–Trinajstić information content (AvgIpc) is 2.80. The van der Waals surface area contributed by atoms with Gasteiger partial charge in [0, 0.05) is 12.1 Å². The minimum absolute atomic E-state index is 0.0106. The standard InChI is InChI=1S/C16H21F2N3O3/c1-10-11(2)20-21(6-7-22)15(10)19-9-12-4-5-13(23-3)14(8-12)24-16(17)18/h4-5,8,16,19,22H,6-7,9H2,1-3H3. The fourth-order valence-corrected chi connectivity index (χ4v) is 2.36. The highest BCUT2D eigenvalue weighted by molar-refractivity contribution is 5.48. The Morgan fingerprint density at radius 3 is 2.67 bits per heavy atom. The van der Waals surface area contributed by atoms with Crippen molar-refractivity contribution in [3.8, 4) is 11.5 Å². The Kier molecular flexibility index (Phi) is 5.97. The summed E-state index contributed by atoms with van der Waals surface area (Å²) in [6.07, 6.45) is 0. The number of hydrogen-bond acceptors (Lipinski definition) is 5. The average molecular weight is 341 g/mol. The Bertz CT molecular complexity index is 689. The van der Waals surface area contributed by atoms with Crippen LogP contribution in [0.25, 0.3) is 0 Å². The monoisotopic (exact) mass is 341 g/mol. The number of aliphatic hydroxyl groups is 1. The van der Waals surface area contributed by atoms with Gasteiger partial charge in [-0.25, -0.2) is 4.68 Å². The molecule has 0 atom stereocenters. The summed E-state index contributed by atoms with van der Waals surface area (Å²) in [5.41, 5.74) is 2.59. The molecule has 1 heterocycles. The van der Waals surface area contributed by atoms with Gasteiger partial charge in [-0.05, 0) is 31.5 Å². The van der Waals surface area contributed by atoms with Crippen molar-refractivity contribution in [2.75, 3.05) is 19.0 Å². The summed E-state index contributed by atoms with van der Waals surface area (Å²) >= 11 is 0. The number of anilines is 1. The Morgan fingerprint density at radius 2 is 2.04 bits per heavy atom. The molecule has 0 aliphatic heterocycles. The van der Waals surface area contributed by atoms with E-state index in [4.69, 9.17) is 9.84 Å². The molecule has 0 saturated heterocycles. The van der Waals surface area contributed by atoms with Crippen molar-refractivity contribution in [3.05, 3.63) is 35.0 Å². The molecule has 0 aliphatic carbocycles. The van der Waals surface area contributed by atoms with E-state index < -0.39 is 6.61 Å². The number of nitrogens with zero attached hydrogens (tertiary/aromatic N) is 2. The number of halogens is 2. The van der Waals surface area contributed by atoms with Gasteiger partial charge in [0.25, 0.3) is 0 Å². The zero-order valence-electron chi connectivity index (χ0n) is 13.8. The molecule has 24 heavy (non-hydrogen) atoms. The highest BCUT2D eigenvalue weighted by atomic mass is 19.3. The smallest absolute Gasteiger partial charge is 0.387 e. The van der Waals surface area contributed by atoms with Crippen molar-refractivity contribution in [1.29, 1.82) is 0 Å². The van der Waals surface area contributed by atoms with Crippen LogP contribution < -0.4 is 14.8 Å². The van der Waals surface area contributed by atoms with E-state index >= 15 is 0 Å². The summed E-state index contributed by atoms with van der Waals surface area (Å²) in [5, 5.41) is 16.7. The molecule has 2 rings (SSSR count). The van der Waals surface area contributed by atoms with Crippen LogP contribution in [-0.2, 0) is 13.1 Å². The second-order valence-corrected chi connectivity index (χ2v) is 5.22. The van der Waals surface area contributed by atoms with Crippen LogP contribution in [-0.4, -0.2) is 35.2 Å². The summed E-state index contributed by atoms with van der Waals surface area (Å²) < 4.78 is 36.2. The van der Waals surface area contributed by atoms with Gasteiger partial charge in [-0.1, -0.05) is 6.07 Å². The number of aryl methyl sites for hydroxylation is 1. The van der Waals surface area contributed by atoms with E-state index in [2.05, 4.69) is 15.2 Å². The van der Waals surface area contributed by atoms with Gasteiger partial charge in [0.15, 0.2) is 11.5 Å². The van der Waals surface area contributed by atoms with Gasteiger partial charge < -0.3 is 19.9 Å². The van der Waals surface area contributed by atoms with Crippen molar-refractivity contribution < 1.29 is 23.4 Å². The lowest BCUT2D eigenvalue weighted by Gasteiger charge is -2.13. The molecule has 6 nitrogen and oxygen atoms in total. The maximum atomic E-state index is 12.5. The first-order valence-corrected chi connectivity index (χ1v) is 7.46. The van der Waals surface area contributed by atoms with E-state index in [1.54, 1.807) is 16.8 Å². The number of aliphatic hydroxyl groups excluding tert-OH is 1. The summed E-state index contributed by atoms with van der Waals surface area (Å²) in [4.78, 5) is 0. The third kappa shape index (κ3) is 4.14. The van der Waals surface area contributed by atoms with E-state index in [1.807, 2.05) is 13.8 Å². The molecule has 132 valence electrons. The molecule has 2 aromatic rings. The second-order valence-electron chi connectivity index (χ2n) is 5.22. The largest absolute Gasteiger partial charge is 0.493 e. The number of hydrogen-bond donors (Lipinski definition) is 2. The maximum Gasteiger partial charge on any atom is 0.387 e. The van der Waals surface area contributed by atoms with Crippen LogP contribution in [0.1, 0.15) is 16.8 Å².